The summed E-state index contributed by atoms with van der Waals surface area (Å²) in [5, 5.41) is 0. The van der Waals surface area contributed by atoms with E-state index in [1.807, 2.05) is 12.4 Å². The molecule has 220 valence electrons. The predicted octanol–water partition coefficient (Wildman–Crippen LogP) is 5.33. The van der Waals surface area contributed by atoms with E-state index in [1.165, 1.54) is 31.1 Å². The number of methoxy groups -OCH3 is 1. The van der Waals surface area contributed by atoms with Gasteiger partial charge in [0, 0.05) is 37.9 Å². The van der Waals surface area contributed by atoms with Gasteiger partial charge in [-0.05, 0) is 76.8 Å². The first-order valence-electron chi connectivity index (χ1n) is 14.8. The van der Waals surface area contributed by atoms with Crippen LogP contribution in [-0.2, 0) is 22.6 Å². The molecule has 0 amide bonds. The maximum absolute atomic E-state index is 12.1. The lowest BCUT2D eigenvalue weighted by Gasteiger charge is -2.32. The quantitative estimate of drug-likeness (QED) is 0.154. The molecule has 9 nitrogen and oxygen atoms in total. The molecule has 0 saturated heterocycles. The second kappa shape index (κ2) is 16.9. The summed E-state index contributed by atoms with van der Waals surface area (Å²) < 4.78 is 4.99. The van der Waals surface area contributed by atoms with Crippen LogP contribution in [0.1, 0.15) is 88.2 Å². The van der Waals surface area contributed by atoms with Crippen molar-refractivity contribution in [3.8, 4) is 0 Å². The van der Waals surface area contributed by atoms with Crippen LogP contribution in [0.25, 0.3) is 0 Å². The van der Waals surface area contributed by atoms with E-state index < -0.39 is 0 Å². The standard InChI is InChI=1S/C31H49N7O2/c1-6-18-36(19-7-2)20-8-9-21-37(24-29(39)40-5)22-27-10-12-28(13-11-27)23-38(25(3)30-32-14-15-33-30)26(4)31-34-16-17-35-31/h10-17,25-26H,6-9,18-24H2,1-5H3,(H,32,33)(H,34,35). The third-order valence-electron chi connectivity index (χ3n) is 7.48. The van der Waals surface area contributed by atoms with E-state index in [1.54, 1.807) is 12.4 Å². The van der Waals surface area contributed by atoms with E-state index in [-0.39, 0.29) is 18.1 Å². The molecule has 2 unspecified atom stereocenters. The van der Waals surface area contributed by atoms with E-state index in [0.717, 1.165) is 63.8 Å². The maximum Gasteiger partial charge on any atom is 0.319 e. The number of rotatable bonds is 19. The fourth-order valence-corrected chi connectivity index (χ4v) is 5.25. The molecule has 1 aromatic carbocycles. The Labute approximate surface area is 240 Å². The lowest BCUT2D eigenvalue weighted by atomic mass is 10.1. The molecule has 9 heteroatoms. The zero-order valence-electron chi connectivity index (χ0n) is 25.1. The minimum Gasteiger partial charge on any atom is -0.468 e. The number of carbonyl (C=O) groups excluding carboxylic acids is 1. The molecule has 0 radical (unpaired) electrons. The second-order valence-electron chi connectivity index (χ2n) is 10.6. The van der Waals surface area contributed by atoms with Crippen LogP contribution < -0.4 is 0 Å². The number of aromatic nitrogens is 4. The Balaban J connectivity index is 1.63. The molecule has 2 N–H and O–H groups in total. The maximum atomic E-state index is 12.1. The Kier molecular flexibility index (Phi) is 13.4. The third kappa shape index (κ3) is 9.87. The number of nitrogens with zero attached hydrogens (tertiary/aromatic N) is 5. The van der Waals surface area contributed by atoms with Gasteiger partial charge in [0.25, 0.3) is 0 Å². The van der Waals surface area contributed by atoms with Crippen LogP contribution in [0, 0.1) is 0 Å². The molecule has 0 aliphatic rings. The molecule has 0 aliphatic carbocycles. The highest BCUT2D eigenvalue weighted by Gasteiger charge is 2.26. The van der Waals surface area contributed by atoms with Gasteiger partial charge in [-0.1, -0.05) is 38.1 Å². The number of unbranched alkanes of at least 4 members (excludes halogenated alkanes) is 1. The van der Waals surface area contributed by atoms with Crippen LogP contribution in [-0.4, -0.2) is 80.4 Å². The van der Waals surface area contributed by atoms with Crippen LogP contribution in [0.2, 0.25) is 0 Å². The van der Waals surface area contributed by atoms with E-state index in [2.05, 4.69) is 86.6 Å². The highest BCUT2D eigenvalue weighted by atomic mass is 16.5. The molecule has 0 saturated carbocycles. The Morgan fingerprint density at radius 1 is 0.800 bits per heavy atom. The summed E-state index contributed by atoms with van der Waals surface area (Å²) in [5.41, 5.74) is 2.41. The van der Waals surface area contributed by atoms with Crippen molar-refractivity contribution < 1.29 is 9.53 Å². The summed E-state index contributed by atoms with van der Waals surface area (Å²) in [6.45, 7) is 14.9. The Morgan fingerprint density at radius 2 is 1.30 bits per heavy atom. The van der Waals surface area contributed by atoms with Crippen LogP contribution in [0.3, 0.4) is 0 Å². The number of esters is 1. The normalized spacial score (nSPS) is 13.3. The van der Waals surface area contributed by atoms with Crippen molar-refractivity contribution in [3.05, 3.63) is 71.8 Å². The molecule has 3 rings (SSSR count). The van der Waals surface area contributed by atoms with Crippen molar-refractivity contribution in [1.29, 1.82) is 0 Å². The van der Waals surface area contributed by atoms with E-state index in [4.69, 9.17) is 4.74 Å². The summed E-state index contributed by atoms with van der Waals surface area (Å²) in [7, 11) is 1.46. The number of aromatic amines is 2. The largest absolute Gasteiger partial charge is 0.468 e. The lowest BCUT2D eigenvalue weighted by Crippen LogP contribution is -2.32. The Hall–Kier alpha value is -3.01. The number of H-pyrrole nitrogens is 2. The number of ether oxygens (including phenoxy) is 1. The van der Waals surface area contributed by atoms with Crippen LogP contribution in [0.4, 0.5) is 0 Å². The minimum absolute atomic E-state index is 0.0795. The average molecular weight is 552 g/mol. The summed E-state index contributed by atoms with van der Waals surface area (Å²) in [5.74, 6) is 1.67. The van der Waals surface area contributed by atoms with Gasteiger partial charge in [-0.15, -0.1) is 0 Å². The number of hydrogen-bond donors (Lipinski definition) is 2. The fraction of sp³-hybridized carbons (Fsp3) is 0.581. The zero-order chi connectivity index (χ0) is 28.7. The number of carbonyl (C=O) groups is 1. The van der Waals surface area contributed by atoms with Crippen LogP contribution in [0.15, 0.2) is 49.1 Å². The molecule has 0 fully saturated rings. The van der Waals surface area contributed by atoms with Gasteiger partial charge in [-0.3, -0.25) is 14.6 Å². The van der Waals surface area contributed by atoms with Gasteiger partial charge >= 0.3 is 5.97 Å². The molecule has 2 atom stereocenters. The molecular weight excluding hydrogens is 502 g/mol. The van der Waals surface area contributed by atoms with Crippen molar-refractivity contribution in [1.82, 2.24) is 34.6 Å². The fourth-order valence-electron chi connectivity index (χ4n) is 5.25. The highest BCUT2D eigenvalue weighted by Crippen LogP contribution is 2.29. The van der Waals surface area contributed by atoms with E-state index >= 15 is 0 Å². The number of nitrogens with one attached hydrogen (secondary N) is 2. The Bertz CT molecular complexity index is 1020. The smallest absolute Gasteiger partial charge is 0.319 e. The van der Waals surface area contributed by atoms with Crippen LogP contribution >= 0.6 is 0 Å². The van der Waals surface area contributed by atoms with Gasteiger partial charge in [0.05, 0.1) is 25.7 Å². The van der Waals surface area contributed by atoms with Crippen molar-refractivity contribution in [2.75, 3.05) is 39.8 Å². The van der Waals surface area contributed by atoms with Gasteiger partial charge in [-0.25, -0.2) is 9.97 Å². The average Bonchev–Trinajstić information content (AvgIpc) is 3.69. The van der Waals surface area contributed by atoms with Crippen molar-refractivity contribution in [2.45, 2.75) is 78.6 Å². The Morgan fingerprint density at radius 3 is 1.75 bits per heavy atom. The van der Waals surface area contributed by atoms with Gasteiger partial charge in [0.1, 0.15) is 11.6 Å². The SMILES string of the molecule is CCCN(CCC)CCCCN(CC(=O)OC)Cc1ccc(CN(C(C)c2ncc[nH]2)C(C)c2ncc[nH]2)cc1. The van der Waals surface area contributed by atoms with E-state index in [0.29, 0.717) is 6.54 Å². The molecule has 2 aromatic heterocycles. The molecule has 0 bridgehead atoms. The molecule has 0 spiro atoms. The minimum atomic E-state index is -0.190. The predicted molar refractivity (Wildman–Crippen MR) is 160 cm³/mol. The van der Waals surface area contributed by atoms with Gasteiger partial charge in [-0.2, -0.15) is 0 Å². The first kappa shape index (κ1) is 31.5. The first-order chi connectivity index (χ1) is 19.4. The molecular formula is C31H49N7O2. The monoisotopic (exact) mass is 551 g/mol. The third-order valence-corrected chi connectivity index (χ3v) is 7.48. The van der Waals surface area contributed by atoms with Gasteiger partial charge < -0.3 is 19.6 Å². The number of hydrogen-bond acceptors (Lipinski definition) is 7. The lowest BCUT2D eigenvalue weighted by molar-refractivity contribution is -0.142. The summed E-state index contributed by atoms with van der Waals surface area (Å²) >= 11 is 0. The molecule has 3 aromatic rings. The van der Waals surface area contributed by atoms with Crippen molar-refractivity contribution in [2.24, 2.45) is 0 Å². The van der Waals surface area contributed by atoms with Gasteiger partial charge in [0.15, 0.2) is 0 Å². The second-order valence-corrected chi connectivity index (χ2v) is 10.6. The first-order valence-corrected chi connectivity index (χ1v) is 14.8. The van der Waals surface area contributed by atoms with Crippen molar-refractivity contribution >= 4 is 5.97 Å². The van der Waals surface area contributed by atoms with E-state index in [9.17, 15) is 4.79 Å². The summed E-state index contributed by atoms with van der Waals surface area (Å²) in [6.07, 6.45) is 11.9. The van der Waals surface area contributed by atoms with Gasteiger partial charge in [0.2, 0.25) is 0 Å². The van der Waals surface area contributed by atoms with Crippen molar-refractivity contribution in [3.63, 3.8) is 0 Å². The zero-order valence-corrected chi connectivity index (χ0v) is 25.1. The number of benzene rings is 1. The van der Waals surface area contributed by atoms with Crippen LogP contribution in [0.5, 0.6) is 0 Å². The topological polar surface area (TPSA) is 93.4 Å². The summed E-state index contributed by atoms with van der Waals surface area (Å²) in [4.78, 5) is 34.8. The molecule has 2 heterocycles. The summed E-state index contributed by atoms with van der Waals surface area (Å²) in [6, 6.07) is 8.89. The molecule has 0 aliphatic heterocycles. The number of imidazole rings is 2. The molecule has 40 heavy (non-hydrogen) atoms. The highest BCUT2D eigenvalue weighted by molar-refractivity contribution is 5.71.